The standard InChI is InChI=1S/C22H25ClFN5O3/c1-14-21-18(29(25-22(21)32)17-6-5-15(24)12-16(17)23)13-20(31)28(14)7-3-4-19(30)27-10-8-26(2)9-11-27/h5-6,12-13H,3-4,7-11H2,1-2H3,(H,25,32). The third-order valence-corrected chi connectivity index (χ3v) is 6.31. The number of rotatable bonds is 5. The molecule has 170 valence electrons. The number of aromatic amines is 1. The average Bonchev–Trinajstić information content (AvgIpc) is 3.06. The van der Waals surface area contributed by atoms with Crippen molar-refractivity contribution in [2.75, 3.05) is 33.2 Å². The van der Waals surface area contributed by atoms with E-state index >= 15 is 0 Å². The Labute approximate surface area is 188 Å². The van der Waals surface area contributed by atoms with E-state index in [9.17, 15) is 18.8 Å². The molecule has 32 heavy (non-hydrogen) atoms. The highest BCUT2D eigenvalue weighted by Gasteiger charge is 2.20. The Morgan fingerprint density at radius 2 is 1.88 bits per heavy atom. The van der Waals surface area contributed by atoms with Gasteiger partial charge in [0, 0.05) is 50.9 Å². The second kappa shape index (κ2) is 8.91. The van der Waals surface area contributed by atoms with E-state index in [0.717, 1.165) is 32.2 Å². The molecule has 1 saturated heterocycles. The van der Waals surface area contributed by atoms with E-state index in [1.54, 1.807) is 6.92 Å². The van der Waals surface area contributed by atoms with Crippen LogP contribution in [0, 0.1) is 12.7 Å². The van der Waals surface area contributed by atoms with Crippen LogP contribution in [-0.4, -0.2) is 63.3 Å². The summed E-state index contributed by atoms with van der Waals surface area (Å²) in [4.78, 5) is 42.0. The van der Waals surface area contributed by atoms with Gasteiger partial charge in [0.05, 0.1) is 21.6 Å². The van der Waals surface area contributed by atoms with Crippen LogP contribution in [0.25, 0.3) is 16.6 Å². The van der Waals surface area contributed by atoms with Crippen molar-refractivity contribution in [3.05, 3.63) is 61.5 Å². The fourth-order valence-corrected chi connectivity index (χ4v) is 4.41. The largest absolute Gasteiger partial charge is 0.340 e. The monoisotopic (exact) mass is 461 g/mol. The summed E-state index contributed by atoms with van der Waals surface area (Å²) in [6.07, 6.45) is 0.843. The van der Waals surface area contributed by atoms with Crippen molar-refractivity contribution >= 4 is 28.4 Å². The first-order chi connectivity index (χ1) is 15.3. The first-order valence-electron chi connectivity index (χ1n) is 10.5. The Hall–Kier alpha value is -2.91. The predicted octanol–water partition coefficient (Wildman–Crippen LogP) is 2.14. The van der Waals surface area contributed by atoms with Crippen LogP contribution in [0.5, 0.6) is 0 Å². The molecule has 0 unspecified atom stereocenters. The molecule has 0 spiro atoms. The van der Waals surface area contributed by atoms with Gasteiger partial charge in [0.1, 0.15) is 5.82 Å². The van der Waals surface area contributed by atoms with E-state index in [-0.39, 0.29) is 22.0 Å². The highest BCUT2D eigenvalue weighted by atomic mass is 35.5. The van der Waals surface area contributed by atoms with E-state index in [2.05, 4.69) is 10.00 Å². The molecule has 1 amide bonds. The zero-order valence-corrected chi connectivity index (χ0v) is 18.8. The molecule has 1 aromatic carbocycles. The second-order valence-corrected chi connectivity index (χ2v) is 8.55. The van der Waals surface area contributed by atoms with Gasteiger partial charge >= 0.3 is 0 Å². The quantitative estimate of drug-likeness (QED) is 0.631. The van der Waals surface area contributed by atoms with E-state index in [4.69, 9.17) is 11.6 Å². The number of carbonyl (C=O) groups is 1. The van der Waals surface area contributed by atoms with Gasteiger partial charge in [-0.2, -0.15) is 0 Å². The maximum atomic E-state index is 13.4. The summed E-state index contributed by atoms with van der Waals surface area (Å²) in [7, 11) is 2.03. The molecule has 0 bridgehead atoms. The zero-order valence-electron chi connectivity index (χ0n) is 18.0. The molecule has 0 radical (unpaired) electrons. The smallest absolute Gasteiger partial charge is 0.274 e. The number of benzene rings is 1. The molecule has 0 atom stereocenters. The first kappa shape index (κ1) is 22.3. The highest BCUT2D eigenvalue weighted by molar-refractivity contribution is 6.32. The maximum Gasteiger partial charge on any atom is 0.274 e. The topological polar surface area (TPSA) is 83.3 Å². The predicted molar refractivity (Wildman–Crippen MR) is 121 cm³/mol. The molecule has 3 aromatic rings. The molecule has 1 fully saturated rings. The van der Waals surface area contributed by atoms with E-state index in [1.165, 1.54) is 27.4 Å². The summed E-state index contributed by atoms with van der Waals surface area (Å²) >= 11 is 6.15. The molecule has 0 aliphatic carbocycles. The number of hydrogen-bond acceptors (Lipinski definition) is 4. The summed E-state index contributed by atoms with van der Waals surface area (Å²) in [5.74, 6) is -0.415. The lowest BCUT2D eigenvalue weighted by molar-refractivity contribution is -0.132. The number of aryl methyl sites for hydroxylation is 1. The number of amides is 1. The molecule has 2 aromatic heterocycles. The van der Waals surface area contributed by atoms with Crippen molar-refractivity contribution in [1.29, 1.82) is 0 Å². The lowest BCUT2D eigenvalue weighted by Crippen LogP contribution is -2.47. The summed E-state index contributed by atoms with van der Waals surface area (Å²) in [6, 6.07) is 5.18. The third-order valence-electron chi connectivity index (χ3n) is 6.01. The van der Waals surface area contributed by atoms with Crippen molar-refractivity contribution in [2.45, 2.75) is 26.3 Å². The third kappa shape index (κ3) is 4.22. The molecule has 8 nitrogen and oxygen atoms in total. The number of H-pyrrole nitrogens is 1. The van der Waals surface area contributed by atoms with Crippen LogP contribution in [0.15, 0.2) is 33.9 Å². The van der Waals surface area contributed by atoms with Crippen LogP contribution in [0.4, 0.5) is 4.39 Å². The molecular formula is C22H25ClFN5O3. The van der Waals surface area contributed by atoms with Gasteiger partial charge < -0.3 is 14.4 Å². The number of halogens is 2. The van der Waals surface area contributed by atoms with Gasteiger partial charge in [-0.3, -0.25) is 24.2 Å². The van der Waals surface area contributed by atoms with Crippen LogP contribution < -0.4 is 11.1 Å². The summed E-state index contributed by atoms with van der Waals surface area (Å²) in [6.45, 7) is 5.20. The van der Waals surface area contributed by atoms with Crippen molar-refractivity contribution in [1.82, 2.24) is 24.1 Å². The average molecular weight is 462 g/mol. The van der Waals surface area contributed by atoms with Crippen molar-refractivity contribution in [3.8, 4) is 5.69 Å². The molecule has 3 heterocycles. The van der Waals surface area contributed by atoms with Gasteiger partial charge in [-0.05, 0) is 38.6 Å². The van der Waals surface area contributed by atoms with Crippen molar-refractivity contribution in [3.63, 3.8) is 0 Å². The summed E-state index contributed by atoms with van der Waals surface area (Å²) in [5.41, 5.74) is 0.594. The number of pyridine rings is 1. The van der Waals surface area contributed by atoms with E-state index in [0.29, 0.717) is 41.7 Å². The zero-order chi connectivity index (χ0) is 23.0. The van der Waals surface area contributed by atoms with Gasteiger partial charge in [0.15, 0.2) is 0 Å². The number of carbonyl (C=O) groups excluding carboxylic acids is 1. The molecule has 10 heteroatoms. The van der Waals surface area contributed by atoms with Crippen LogP contribution in [-0.2, 0) is 11.3 Å². The van der Waals surface area contributed by atoms with Crippen LogP contribution >= 0.6 is 11.6 Å². The molecule has 1 aliphatic rings. The number of likely N-dealkylation sites (N-methyl/N-ethyl adjacent to an activating group) is 1. The summed E-state index contributed by atoms with van der Waals surface area (Å²) < 4.78 is 16.3. The normalized spacial score (nSPS) is 14.9. The molecule has 1 aliphatic heterocycles. The van der Waals surface area contributed by atoms with Gasteiger partial charge in [-0.15, -0.1) is 0 Å². The maximum absolute atomic E-state index is 13.4. The molecular weight excluding hydrogens is 437 g/mol. The Morgan fingerprint density at radius 1 is 1.16 bits per heavy atom. The minimum atomic E-state index is -0.498. The SMILES string of the molecule is Cc1c2c(=O)[nH]n(-c3ccc(F)cc3Cl)c2cc(=O)n1CCCC(=O)N1CCN(C)CC1. The minimum Gasteiger partial charge on any atom is -0.340 e. The molecule has 1 N–H and O–H groups in total. The minimum absolute atomic E-state index is 0.0832. The fraction of sp³-hybridized carbons (Fsp3) is 0.409. The summed E-state index contributed by atoms with van der Waals surface area (Å²) in [5, 5.41) is 3.15. The lowest BCUT2D eigenvalue weighted by atomic mass is 10.2. The lowest BCUT2D eigenvalue weighted by Gasteiger charge is -2.32. The van der Waals surface area contributed by atoms with Gasteiger partial charge in [-0.1, -0.05) is 11.6 Å². The number of aromatic nitrogens is 3. The van der Waals surface area contributed by atoms with E-state index in [1.807, 2.05) is 11.9 Å². The van der Waals surface area contributed by atoms with Crippen LogP contribution in [0.2, 0.25) is 5.02 Å². The number of hydrogen-bond donors (Lipinski definition) is 1. The van der Waals surface area contributed by atoms with Crippen molar-refractivity contribution < 1.29 is 9.18 Å². The van der Waals surface area contributed by atoms with E-state index < -0.39 is 5.82 Å². The van der Waals surface area contributed by atoms with Gasteiger partial charge in [-0.25, -0.2) is 4.39 Å². The van der Waals surface area contributed by atoms with Crippen LogP contribution in [0.1, 0.15) is 18.5 Å². The molecule has 0 saturated carbocycles. The number of fused-ring (bicyclic) bond motifs is 1. The Bertz CT molecular complexity index is 1290. The number of nitrogens with zero attached hydrogens (tertiary/aromatic N) is 4. The second-order valence-electron chi connectivity index (χ2n) is 8.14. The molecule has 4 rings (SSSR count). The Balaban J connectivity index is 1.58. The van der Waals surface area contributed by atoms with Gasteiger partial charge in [0.25, 0.3) is 11.1 Å². The highest BCUT2D eigenvalue weighted by Crippen LogP contribution is 2.24. The van der Waals surface area contributed by atoms with Gasteiger partial charge in [0.2, 0.25) is 5.91 Å². The van der Waals surface area contributed by atoms with Crippen molar-refractivity contribution in [2.24, 2.45) is 0 Å². The Morgan fingerprint density at radius 3 is 2.56 bits per heavy atom. The fourth-order valence-electron chi connectivity index (χ4n) is 4.16. The number of piperazine rings is 1. The Kier molecular flexibility index (Phi) is 6.21. The van der Waals surface area contributed by atoms with Crippen LogP contribution in [0.3, 0.4) is 0 Å². The first-order valence-corrected chi connectivity index (χ1v) is 10.9. The number of nitrogens with one attached hydrogen (secondary N) is 1.